The maximum atomic E-state index is 8.78. The fourth-order valence-corrected chi connectivity index (χ4v) is 1.02. The van der Waals surface area contributed by atoms with E-state index >= 15 is 0 Å². The van der Waals surface area contributed by atoms with Gasteiger partial charge in [0, 0.05) is 13.1 Å². The highest BCUT2D eigenvalue weighted by Gasteiger charge is 2.14. The number of nitrogens with zero attached hydrogens (tertiary/aromatic N) is 1. The molecule has 5 nitrogen and oxygen atoms in total. The van der Waals surface area contributed by atoms with Crippen LogP contribution < -0.4 is 0 Å². The number of hydrogen-bond donors (Lipinski definition) is 4. The third kappa shape index (κ3) is 3.99. The summed E-state index contributed by atoms with van der Waals surface area (Å²) < 4.78 is 0. The van der Waals surface area contributed by atoms with Gasteiger partial charge in [-0.25, -0.2) is 0 Å². The van der Waals surface area contributed by atoms with Crippen molar-refractivity contribution < 1.29 is 20.4 Å². The highest BCUT2D eigenvalue weighted by molar-refractivity contribution is 4.69. The zero-order chi connectivity index (χ0) is 9.40. The van der Waals surface area contributed by atoms with Gasteiger partial charge in [-0.2, -0.15) is 0 Å². The monoisotopic (exact) mass is 179 g/mol. The van der Waals surface area contributed by atoms with Crippen LogP contribution in [0.4, 0.5) is 0 Å². The lowest BCUT2D eigenvalue weighted by Crippen LogP contribution is -2.43. The summed E-state index contributed by atoms with van der Waals surface area (Å²) in [7, 11) is 0. The van der Waals surface area contributed by atoms with Crippen molar-refractivity contribution in [2.75, 3.05) is 39.5 Å². The highest BCUT2D eigenvalue weighted by atomic mass is 16.3. The van der Waals surface area contributed by atoms with Gasteiger partial charge < -0.3 is 20.4 Å². The van der Waals surface area contributed by atoms with Crippen LogP contribution in [0.3, 0.4) is 0 Å². The summed E-state index contributed by atoms with van der Waals surface area (Å²) in [6.07, 6.45) is 0. The van der Waals surface area contributed by atoms with Crippen LogP contribution in [0.2, 0.25) is 0 Å². The summed E-state index contributed by atoms with van der Waals surface area (Å²) >= 11 is 0. The van der Waals surface area contributed by atoms with Crippen LogP contribution in [-0.2, 0) is 0 Å². The Morgan fingerprint density at radius 1 is 0.833 bits per heavy atom. The van der Waals surface area contributed by atoms with Crippen LogP contribution in [0.1, 0.15) is 0 Å². The average molecular weight is 179 g/mol. The van der Waals surface area contributed by atoms with E-state index in [1.807, 2.05) is 0 Å². The quantitative estimate of drug-likeness (QED) is 0.351. The lowest BCUT2D eigenvalue weighted by Gasteiger charge is -2.27. The molecule has 0 aliphatic carbocycles. The number of hydrogen-bond acceptors (Lipinski definition) is 5. The Morgan fingerprint density at radius 2 is 1.25 bits per heavy atom. The van der Waals surface area contributed by atoms with E-state index in [2.05, 4.69) is 0 Å². The Labute approximate surface area is 71.9 Å². The molecule has 0 aromatic rings. The Kier molecular flexibility index (Phi) is 7.33. The molecular weight excluding hydrogens is 162 g/mol. The van der Waals surface area contributed by atoms with Gasteiger partial charge in [-0.05, 0) is 0 Å². The fourth-order valence-electron chi connectivity index (χ4n) is 1.02. The molecule has 0 saturated carbocycles. The predicted molar refractivity (Wildman–Crippen MR) is 43.7 cm³/mol. The normalized spacial score (nSPS) is 11.5. The van der Waals surface area contributed by atoms with Crippen molar-refractivity contribution in [3.05, 3.63) is 0 Å². The van der Waals surface area contributed by atoms with E-state index in [-0.39, 0.29) is 32.5 Å². The van der Waals surface area contributed by atoms with E-state index in [1.165, 1.54) is 0 Å². The van der Waals surface area contributed by atoms with Crippen LogP contribution in [0.5, 0.6) is 0 Å². The summed E-state index contributed by atoms with van der Waals surface area (Å²) in [5.74, 6) is 0. The first-order valence-electron chi connectivity index (χ1n) is 3.97. The molecule has 0 aliphatic heterocycles. The molecule has 0 aliphatic rings. The molecule has 0 unspecified atom stereocenters. The van der Waals surface area contributed by atoms with Gasteiger partial charge in [0.1, 0.15) is 0 Å². The molecule has 0 radical (unpaired) electrons. The molecule has 0 heterocycles. The van der Waals surface area contributed by atoms with Gasteiger partial charge in [0.25, 0.3) is 0 Å². The minimum atomic E-state index is -0.385. The van der Waals surface area contributed by atoms with Gasteiger partial charge >= 0.3 is 0 Å². The van der Waals surface area contributed by atoms with E-state index in [1.54, 1.807) is 4.90 Å². The zero-order valence-corrected chi connectivity index (χ0v) is 7.06. The molecular formula is C7H17NO4. The van der Waals surface area contributed by atoms with Crippen LogP contribution in [0.15, 0.2) is 0 Å². The number of aliphatic hydroxyl groups excluding tert-OH is 4. The molecule has 0 aromatic carbocycles. The van der Waals surface area contributed by atoms with Crippen molar-refractivity contribution in [1.29, 1.82) is 0 Å². The van der Waals surface area contributed by atoms with Crippen LogP contribution in [-0.4, -0.2) is 70.9 Å². The van der Waals surface area contributed by atoms with Crippen molar-refractivity contribution in [2.24, 2.45) is 0 Å². The molecule has 0 aromatic heterocycles. The van der Waals surface area contributed by atoms with Crippen molar-refractivity contribution in [1.82, 2.24) is 4.90 Å². The highest BCUT2D eigenvalue weighted by Crippen LogP contribution is 1.96. The molecule has 5 heteroatoms. The second-order valence-electron chi connectivity index (χ2n) is 2.50. The number of aliphatic hydroxyl groups is 4. The molecule has 74 valence electrons. The minimum Gasteiger partial charge on any atom is -0.395 e. The lowest BCUT2D eigenvalue weighted by atomic mass is 10.3. The zero-order valence-electron chi connectivity index (χ0n) is 7.06. The van der Waals surface area contributed by atoms with Gasteiger partial charge in [0.15, 0.2) is 0 Å². The van der Waals surface area contributed by atoms with E-state index in [0.717, 1.165) is 0 Å². The van der Waals surface area contributed by atoms with Gasteiger partial charge in [0.05, 0.1) is 32.5 Å². The first-order valence-corrected chi connectivity index (χ1v) is 3.97. The second kappa shape index (κ2) is 7.45. The first kappa shape index (κ1) is 11.8. The maximum absolute atomic E-state index is 8.78. The van der Waals surface area contributed by atoms with Crippen molar-refractivity contribution in [3.8, 4) is 0 Å². The van der Waals surface area contributed by atoms with Crippen LogP contribution in [0.25, 0.3) is 0 Å². The Hall–Kier alpha value is -0.200. The van der Waals surface area contributed by atoms with E-state index < -0.39 is 0 Å². The molecule has 0 rings (SSSR count). The van der Waals surface area contributed by atoms with Gasteiger partial charge in [-0.1, -0.05) is 0 Å². The largest absolute Gasteiger partial charge is 0.395 e. The molecule has 4 N–H and O–H groups in total. The Morgan fingerprint density at radius 3 is 1.50 bits per heavy atom. The summed E-state index contributed by atoms with van der Waals surface area (Å²) in [6.45, 7) is 0.276. The van der Waals surface area contributed by atoms with Crippen molar-refractivity contribution >= 4 is 0 Å². The molecule has 0 saturated heterocycles. The van der Waals surface area contributed by atoms with E-state index in [4.69, 9.17) is 20.4 Å². The lowest BCUT2D eigenvalue weighted by molar-refractivity contribution is 0.0500. The molecule has 0 bridgehead atoms. The molecule has 0 atom stereocenters. The standard InChI is InChI=1S/C7H17NO4/c9-3-1-8(2-4-10)7(5-11)6-12/h7,9-12H,1-6H2. The maximum Gasteiger partial charge on any atom is 0.0609 e. The number of rotatable bonds is 7. The van der Waals surface area contributed by atoms with Gasteiger partial charge in [-0.3, -0.25) is 4.90 Å². The van der Waals surface area contributed by atoms with E-state index in [0.29, 0.717) is 13.1 Å². The van der Waals surface area contributed by atoms with Crippen molar-refractivity contribution in [3.63, 3.8) is 0 Å². The predicted octanol–water partition coefficient (Wildman–Crippen LogP) is -2.37. The van der Waals surface area contributed by atoms with Crippen molar-refractivity contribution in [2.45, 2.75) is 6.04 Å². The third-order valence-corrected chi connectivity index (χ3v) is 1.71. The third-order valence-electron chi connectivity index (χ3n) is 1.71. The van der Waals surface area contributed by atoms with Crippen LogP contribution >= 0.6 is 0 Å². The first-order chi connectivity index (χ1) is 5.79. The van der Waals surface area contributed by atoms with Gasteiger partial charge in [0.2, 0.25) is 0 Å². The summed E-state index contributed by atoms with van der Waals surface area (Å²) in [4.78, 5) is 1.64. The molecule has 0 fully saturated rings. The molecule has 12 heavy (non-hydrogen) atoms. The topological polar surface area (TPSA) is 84.2 Å². The van der Waals surface area contributed by atoms with Gasteiger partial charge in [-0.15, -0.1) is 0 Å². The van der Waals surface area contributed by atoms with Crippen LogP contribution in [0, 0.1) is 0 Å². The molecule has 0 spiro atoms. The smallest absolute Gasteiger partial charge is 0.0609 e. The SMILES string of the molecule is OCCN(CCO)C(CO)CO. The Bertz CT molecular complexity index is 91.4. The summed E-state index contributed by atoms with van der Waals surface area (Å²) in [5, 5.41) is 34.8. The fraction of sp³-hybridized carbons (Fsp3) is 1.00. The Balaban J connectivity index is 3.86. The minimum absolute atomic E-state index is 0.0451. The van der Waals surface area contributed by atoms with E-state index in [9.17, 15) is 0 Å². The average Bonchev–Trinajstić information content (AvgIpc) is 2.07. The summed E-state index contributed by atoms with van der Waals surface area (Å²) in [6, 6.07) is -0.385. The summed E-state index contributed by atoms with van der Waals surface area (Å²) in [5.41, 5.74) is 0. The molecule has 0 amide bonds. The second-order valence-corrected chi connectivity index (χ2v) is 2.50.